The maximum absolute atomic E-state index is 11.9. The van der Waals surface area contributed by atoms with E-state index in [-0.39, 0.29) is 11.5 Å². The lowest BCUT2D eigenvalue weighted by Gasteiger charge is -2.06. The summed E-state index contributed by atoms with van der Waals surface area (Å²) in [5, 5.41) is 3.17. The summed E-state index contributed by atoms with van der Waals surface area (Å²) in [6, 6.07) is 13.7. The van der Waals surface area contributed by atoms with Crippen molar-refractivity contribution in [3.8, 4) is 0 Å². The number of nitrogens with two attached hydrogens (primary N) is 1. The highest BCUT2D eigenvalue weighted by Gasteiger charge is 2.08. The van der Waals surface area contributed by atoms with Gasteiger partial charge in [0.15, 0.2) is 0 Å². The fraction of sp³-hybridized carbons (Fsp3) is 0. The first-order valence-corrected chi connectivity index (χ1v) is 6.58. The zero-order valence-corrected chi connectivity index (χ0v) is 11.8. The van der Waals surface area contributed by atoms with Gasteiger partial charge in [-0.3, -0.25) is 9.59 Å². The second-order valence-electron chi connectivity index (χ2n) is 4.25. The van der Waals surface area contributed by atoms with Gasteiger partial charge in [-0.1, -0.05) is 41.9 Å². The third-order valence-electron chi connectivity index (χ3n) is 2.77. The maximum atomic E-state index is 11.9. The lowest BCUT2D eigenvalue weighted by atomic mass is 10.1. The van der Waals surface area contributed by atoms with Crippen LogP contribution in [0, 0.1) is 0 Å². The SMILES string of the molecule is NC(=O)c1ccccc1NC(=O)C=Cc1ccccc1Cl. The number of primary amides is 1. The van der Waals surface area contributed by atoms with Crippen molar-refractivity contribution in [2.45, 2.75) is 0 Å². The molecule has 2 aromatic rings. The quantitative estimate of drug-likeness (QED) is 0.852. The highest BCUT2D eigenvalue weighted by Crippen LogP contribution is 2.17. The summed E-state index contributed by atoms with van der Waals surface area (Å²) in [5.74, 6) is -0.968. The topological polar surface area (TPSA) is 72.2 Å². The van der Waals surface area contributed by atoms with Crippen molar-refractivity contribution in [2.75, 3.05) is 5.32 Å². The fourth-order valence-electron chi connectivity index (χ4n) is 1.76. The molecule has 2 amide bonds. The number of nitrogens with one attached hydrogen (secondary N) is 1. The van der Waals surface area contributed by atoms with Crippen LogP contribution in [0.4, 0.5) is 5.69 Å². The van der Waals surface area contributed by atoms with Crippen LogP contribution in [0.3, 0.4) is 0 Å². The zero-order valence-electron chi connectivity index (χ0n) is 11.0. The molecule has 0 atom stereocenters. The van der Waals surface area contributed by atoms with Crippen molar-refractivity contribution in [3.63, 3.8) is 0 Å². The molecule has 0 radical (unpaired) electrons. The summed E-state index contributed by atoms with van der Waals surface area (Å²) in [7, 11) is 0. The highest BCUT2D eigenvalue weighted by molar-refractivity contribution is 6.32. The molecule has 0 aliphatic carbocycles. The van der Waals surface area contributed by atoms with Gasteiger partial charge in [0.2, 0.25) is 5.91 Å². The van der Waals surface area contributed by atoms with E-state index in [9.17, 15) is 9.59 Å². The Kier molecular flexibility index (Phi) is 4.74. The van der Waals surface area contributed by atoms with Crippen molar-refractivity contribution in [3.05, 3.63) is 70.8 Å². The van der Waals surface area contributed by atoms with E-state index < -0.39 is 5.91 Å². The lowest BCUT2D eigenvalue weighted by Crippen LogP contribution is -2.16. The zero-order chi connectivity index (χ0) is 15.2. The molecule has 0 heterocycles. The Morgan fingerprint density at radius 3 is 2.43 bits per heavy atom. The number of rotatable bonds is 4. The first-order chi connectivity index (χ1) is 10.1. The first kappa shape index (κ1) is 14.8. The van der Waals surface area contributed by atoms with E-state index in [1.807, 2.05) is 12.1 Å². The minimum absolute atomic E-state index is 0.261. The third kappa shape index (κ3) is 3.94. The predicted molar refractivity (Wildman–Crippen MR) is 84.1 cm³/mol. The Bertz CT molecular complexity index is 711. The Hall–Kier alpha value is -2.59. The Labute approximate surface area is 127 Å². The number of hydrogen-bond acceptors (Lipinski definition) is 2. The molecule has 0 spiro atoms. The minimum Gasteiger partial charge on any atom is -0.366 e. The smallest absolute Gasteiger partial charge is 0.250 e. The average Bonchev–Trinajstić information content (AvgIpc) is 2.47. The van der Waals surface area contributed by atoms with Crippen LogP contribution < -0.4 is 11.1 Å². The van der Waals surface area contributed by atoms with Crippen LogP contribution in [0.5, 0.6) is 0 Å². The molecule has 5 heteroatoms. The van der Waals surface area contributed by atoms with Crippen LogP contribution in [0.2, 0.25) is 5.02 Å². The summed E-state index contributed by atoms with van der Waals surface area (Å²) < 4.78 is 0. The molecule has 0 aliphatic heterocycles. The van der Waals surface area contributed by atoms with Crippen LogP contribution >= 0.6 is 11.6 Å². The Morgan fingerprint density at radius 1 is 1.05 bits per heavy atom. The summed E-state index contributed by atoms with van der Waals surface area (Å²) in [4.78, 5) is 23.1. The van der Waals surface area contributed by atoms with E-state index in [0.717, 1.165) is 5.56 Å². The third-order valence-corrected chi connectivity index (χ3v) is 3.11. The maximum Gasteiger partial charge on any atom is 0.250 e. The van der Waals surface area contributed by atoms with Crippen LogP contribution in [0.1, 0.15) is 15.9 Å². The number of amides is 2. The monoisotopic (exact) mass is 300 g/mol. The van der Waals surface area contributed by atoms with Crippen LogP contribution in [-0.2, 0) is 4.79 Å². The van der Waals surface area contributed by atoms with Crippen LogP contribution in [0.15, 0.2) is 54.6 Å². The minimum atomic E-state index is -0.596. The molecule has 0 bridgehead atoms. The number of benzene rings is 2. The molecular weight excluding hydrogens is 288 g/mol. The van der Waals surface area contributed by atoms with Gasteiger partial charge in [0.05, 0.1) is 11.3 Å². The first-order valence-electron chi connectivity index (χ1n) is 6.20. The van der Waals surface area contributed by atoms with Crippen molar-refractivity contribution in [1.82, 2.24) is 0 Å². The summed E-state index contributed by atoms with van der Waals surface area (Å²) >= 11 is 5.99. The van der Waals surface area contributed by atoms with Gasteiger partial charge in [0, 0.05) is 11.1 Å². The molecule has 3 N–H and O–H groups in total. The molecule has 0 aromatic heterocycles. The molecular formula is C16H13ClN2O2. The molecule has 0 saturated heterocycles. The highest BCUT2D eigenvalue weighted by atomic mass is 35.5. The predicted octanol–water partition coefficient (Wildman–Crippen LogP) is 3.09. The largest absolute Gasteiger partial charge is 0.366 e. The number of anilines is 1. The fourth-order valence-corrected chi connectivity index (χ4v) is 1.96. The number of carbonyl (C=O) groups excluding carboxylic acids is 2. The van der Waals surface area contributed by atoms with E-state index in [2.05, 4.69) is 5.32 Å². The molecule has 2 aromatic carbocycles. The molecule has 0 unspecified atom stereocenters. The number of hydrogen-bond donors (Lipinski definition) is 2. The van der Waals surface area contributed by atoms with Crippen LogP contribution in [0.25, 0.3) is 6.08 Å². The van der Waals surface area contributed by atoms with Crippen molar-refractivity contribution in [2.24, 2.45) is 5.73 Å². The van der Waals surface area contributed by atoms with E-state index in [1.54, 1.807) is 42.5 Å². The molecule has 106 valence electrons. The standard InChI is InChI=1S/C16H13ClN2O2/c17-13-7-3-1-5-11(13)9-10-15(20)19-14-8-4-2-6-12(14)16(18)21/h1-10H,(H2,18,21)(H,19,20). The summed E-state index contributed by atoms with van der Waals surface area (Å²) in [6.07, 6.45) is 2.95. The van der Waals surface area contributed by atoms with Crippen molar-refractivity contribution >= 4 is 35.2 Å². The second kappa shape index (κ2) is 6.72. The number of carbonyl (C=O) groups is 2. The summed E-state index contributed by atoms with van der Waals surface area (Å²) in [5.41, 5.74) is 6.62. The van der Waals surface area contributed by atoms with E-state index in [4.69, 9.17) is 17.3 Å². The van der Waals surface area contributed by atoms with Gasteiger partial charge >= 0.3 is 0 Å². The molecule has 2 rings (SSSR count). The second-order valence-corrected chi connectivity index (χ2v) is 4.66. The Balaban J connectivity index is 2.13. The summed E-state index contributed by atoms with van der Waals surface area (Å²) in [6.45, 7) is 0. The lowest BCUT2D eigenvalue weighted by molar-refractivity contribution is -0.111. The molecule has 21 heavy (non-hydrogen) atoms. The van der Waals surface area contributed by atoms with Crippen molar-refractivity contribution in [1.29, 1.82) is 0 Å². The van der Waals surface area contributed by atoms with Gasteiger partial charge in [0.25, 0.3) is 5.91 Å². The van der Waals surface area contributed by atoms with E-state index in [0.29, 0.717) is 10.7 Å². The number of halogens is 1. The van der Waals surface area contributed by atoms with Gasteiger partial charge in [-0.15, -0.1) is 0 Å². The molecule has 0 saturated carbocycles. The van der Waals surface area contributed by atoms with E-state index in [1.165, 1.54) is 6.08 Å². The molecule has 0 aliphatic rings. The van der Waals surface area contributed by atoms with Gasteiger partial charge < -0.3 is 11.1 Å². The van der Waals surface area contributed by atoms with E-state index >= 15 is 0 Å². The van der Waals surface area contributed by atoms with Crippen LogP contribution in [-0.4, -0.2) is 11.8 Å². The van der Waals surface area contributed by atoms with Gasteiger partial charge in [-0.25, -0.2) is 0 Å². The van der Waals surface area contributed by atoms with Gasteiger partial charge in [-0.05, 0) is 29.8 Å². The van der Waals surface area contributed by atoms with Gasteiger partial charge in [0.1, 0.15) is 0 Å². The van der Waals surface area contributed by atoms with Crippen molar-refractivity contribution < 1.29 is 9.59 Å². The molecule has 0 fully saturated rings. The average molecular weight is 301 g/mol. The number of para-hydroxylation sites is 1. The normalized spacial score (nSPS) is 10.5. The molecule has 4 nitrogen and oxygen atoms in total. The van der Waals surface area contributed by atoms with Gasteiger partial charge in [-0.2, -0.15) is 0 Å². The Morgan fingerprint density at radius 2 is 1.71 bits per heavy atom.